The molecule has 128 valence electrons. The summed E-state index contributed by atoms with van der Waals surface area (Å²) in [5.74, 6) is 1.02. The number of hydrogen-bond acceptors (Lipinski definition) is 2. The zero-order valence-electron chi connectivity index (χ0n) is 14.5. The van der Waals surface area contributed by atoms with Crippen molar-refractivity contribution in [3.05, 3.63) is 112 Å². The van der Waals surface area contributed by atoms with E-state index in [9.17, 15) is 5.53 Å². The SMILES string of the molecule is COc1ccc(C2C(N=[N+]=[N-])c3ccccc3C2c2ccccc2)cc1. The molecule has 0 spiro atoms. The van der Waals surface area contributed by atoms with Crippen LogP contribution >= 0.6 is 0 Å². The summed E-state index contributed by atoms with van der Waals surface area (Å²) < 4.78 is 5.30. The van der Waals surface area contributed by atoms with Crippen LogP contribution in [0.1, 0.15) is 40.1 Å². The number of azide groups is 1. The molecule has 3 atom stereocenters. The number of hydrogen-bond donors (Lipinski definition) is 0. The standard InChI is InChI=1S/C22H19N3O/c1-26-17-13-11-16(12-14-17)21-20(15-7-3-2-4-8-15)18-9-5-6-10-19(18)22(21)24-25-23/h2-14,20-22H,1H3. The van der Waals surface area contributed by atoms with Gasteiger partial charge in [-0.3, -0.25) is 0 Å². The van der Waals surface area contributed by atoms with E-state index in [0.717, 1.165) is 16.9 Å². The van der Waals surface area contributed by atoms with Crippen LogP contribution in [0.15, 0.2) is 84.0 Å². The molecule has 1 aliphatic carbocycles. The number of benzene rings is 3. The van der Waals surface area contributed by atoms with Crippen molar-refractivity contribution in [2.75, 3.05) is 7.11 Å². The molecule has 0 fully saturated rings. The molecule has 0 heterocycles. The van der Waals surface area contributed by atoms with Gasteiger partial charge in [0.15, 0.2) is 0 Å². The van der Waals surface area contributed by atoms with Gasteiger partial charge in [0.25, 0.3) is 0 Å². The molecule has 0 bridgehead atoms. The van der Waals surface area contributed by atoms with Gasteiger partial charge < -0.3 is 4.74 Å². The molecule has 0 amide bonds. The van der Waals surface area contributed by atoms with Gasteiger partial charge in [0.1, 0.15) is 5.75 Å². The van der Waals surface area contributed by atoms with Crippen molar-refractivity contribution in [3.63, 3.8) is 0 Å². The second-order valence-corrected chi connectivity index (χ2v) is 6.47. The molecular formula is C22H19N3O. The maximum Gasteiger partial charge on any atom is 0.118 e. The van der Waals surface area contributed by atoms with Crippen LogP contribution in [-0.2, 0) is 0 Å². The predicted molar refractivity (Wildman–Crippen MR) is 102 cm³/mol. The highest BCUT2D eigenvalue weighted by Gasteiger charge is 2.41. The van der Waals surface area contributed by atoms with Crippen molar-refractivity contribution in [2.45, 2.75) is 17.9 Å². The monoisotopic (exact) mass is 341 g/mol. The van der Waals surface area contributed by atoms with Crippen molar-refractivity contribution in [2.24, 2.45) is 5.11 Å². The molecule has 4 heteroatoms. The summed E-state index contributed by atoms with van der Waals surface area (Å²) >= 11 is 0. The van der Waals surface area contributed by atoms with Gasteiger partial charge in [-0.25, -0.2) is 0 Å². The Kier molecular flexibility index (Phi) is 4.34. The number of ether oxygens (including phenoxy) is 1. The summed E-state index contributed by atoms with van der Waals surface area (Å²) in [6.07, 6.45) is 0. The Bertz CT molecular complexity index is 947. The van der Waals surface area contributed by atoms with Crippen molar-refractivity contribution in [3.8, 4) is 5.75 Å². The highest BCUT2D eigenvalue weighted by molar-refractivity contribution is 5.51. The Hall–Kier alpha value is -3.23. The molecule has 0 radical (unpaired) electrons. The Labute approximate surface area is 152 Å². The van der Waals surface area contributed by atoms with Gasteiger partial charge in [-0.2, -0.15) is 0 Å². The lowest BCUT2D eigenvalue weighted by atomic mass is 9.80. The fourth-order valence-electron chi connectivity index (χ4n) is 4.07. The first-order chi connectivity index (χ1) is 12.8. The highest BCUT2D eigenvalue weighted by atomic mass is 16.5. The Morgan fingerprint density at radius 3 is 2.12 bits per heavy atom. The number of nitrogens with zero attached hydrogens (tertiary/aromatic N) is 3. The molecule has 0 N–H and O–H groups in total. The van der Waals surface area contributed by atoms with Crippen LogP contribution in [0.3, 0.4) is 0 Å². The van der Waals surface area contributed by atoms with E-state index in [1.54, 1.807) is 7.11 Å². The summed E-state index contributed by atoms with van der Waals surface area (Å²) in [6.45, 7) is 0. The van der Waals surface area contributed by atoms with Gasteiger partial charge in [0.2, 0.25) is 0 Å². The summed E-state index contributed by atoms with van der Waals surface area (Å²) in [6, 6.07) is 26.6. The average Bonchev–Trinajstić information content (AvgIpc) is 3.03. The zero-order valence-corrected chi connectivity index (χ0v) is 14.5. The Morgan fingerprint density at radius 2 is 1.46 bits per heavy atom. The van der Waals surface area contributed by atoms with Crippen molar-refractivity contribution < 1.29 is 4.74 Å². The zero-order chi connectivity index (χ0) is 17.9. The van der Waals surface area contributed by atoms with Crippen LogP contribution in [0.5, 0.6) is 5.75 Å². The summed E-state index contributed by atoms with van der Waals surface area (Å²) in [7, 11) is 1.66. The maximum atomic E-state index is 9.19. The number of rotatable bonds is 4. The minimum Gasteiger partial charge on any atom is -0.497 e. The molecule has 0 saturated carbocycles. The predicted octanol–water partition coefficient (Wildman–Crippen LogP) is 5.98. The van der Waals surface area contributed by atoms with Gasteiger partial charge in [-0.1, -0.05) is 71.8 Å². The van der Waals surface area contributed by atoms with Gasteiger partial charge in [-0.05, 0) is 39.9 Å². The first-order valence-corrected chi connectivity index (χ1v) is 8.65. The molecule has 4 nitrogen and oxygen atoms in total. The van der Waals surface area contributed by atoms with E-state index < -0.39 is 0 Å². The molecule has 1 aliphatic rings. The third-order valence-corrected chi connectivity index (χ3v) is 5.18. The molecule has 3 aromatic carbocycles. The second-order valence-electron chi connectivity index (χ2n) is 6.47. The van der Waals surface area contributed by atoms with E-state index in [0.29, 0.717) is 0 Å². The average molecular weight is 341 g/mol. The molecule has 0 aliphatic heterocycles. The largest absolute Gasteiger partial charge is 0.497 e. The molecule has 26 heavy (non-hydrogen) atoms. The Morgan fingerprint density at radius 1 is 0.808 bits per heavy atom. The van der Waals surface area contributed by atoms with Crippen LogP contribution in [0.2, 0.25) is 0 Å². The number of methoxy groups -OCH3 is 1. The van der Waals surface area contributed by atoms with E-state index in [1.165, 1.54) is 11.1 Å². The second kappa shape index (κ2) is 6.95. The molecule has 0 saturated heterocycles. The van der Waals surface area contributed by atoms with Crippen LogP contribution < -0.4 is 4.74 Å². The van der Waals surface area contributed by atoms with E-state index in [2.05, 4.69) is 64.6 Å². The smallest absolute Gasteiger partial charge is 0.118 e. The van der Waals surface area contributed by atoms with Crippen LogP contribution in [0.4, 0.5) is 0 Å². The van der Waals surface area contributed by atoms with Crippen molar-refractivity contribution >= 4 is 0 Å². The fourth-order valence-corrected chi connectivity index (χ4v) is 4.07. The van der Waals surface area contributed by atoms with E-state index in [4.69, 9.17) is 4.74 Å². The minimum atomic E-state index is -0.227. The van der Waals surface area contributed by atoms with Crippen molar-refractivity contribution in [1.82, 2.24) is 0 Å². The topological polar surface area (TPSA) is 58.0 Å². The lowest BCUT2D eigenvalue weighted by Gasteiger charge is -2.24. The maximum absolute atomic E-state index is 9.19. The van der Waals surface area contributed by atoms with Crippen LogP contribution in [0.25, 0.3) is 10.4 Å². The van der Waals surface area contributed by atoms with E-state index in [1.807, 2.05) is 24.3 Å². The quantitative estimate of drug-likeness (QED) is 0.327. The molecule has 4 rings (SSSR count). The first-order valence-electron chi connectivity index (χ1n) is 8.65. The Balaban J connectivity index is 1.90. The fraction of sp³-hybridized carbons (Fsp3) is 0.182. The van der Waals surface area contributed by atoms with E-state index in [-0.39, 0.29) is 17.9 Å². The van der Waals surface area contributed by atoms with Gasteiger partial charge >= 0.3 is 0 Å². The third kappa shape index (κ3) is 2.71. The van der Waals surface area contributed by atoms with Crippen LogP contribution in [-0.4, -0.2) is 7.11 Å². The van der Waals surface area contributed by atoms with Gasteiger partial charge in [0.05, 0.1) is 13.2 Å². The highest BCUT2D eigenvalue weighted by Crippen LogP contribution is 2.55. The lowest BCUT2D eigenvalue weighted by Crippen LogP contribution is -2.10. The summed E-state index contributed by atoms with van der Waals surface area (Å²) in [5.41, 5.74) is 13.9. The minimum absolute atomic E-state index is 0.0524. The van der Waals surface area contributed by atoms with Gasteiger partial charge in [0, 0.05) is 16.7 Å². The normalized spacial score (nSPS) is 20.9. The van der Waals surface area contributed by atoms with Crippen LogP contribution in [0, 0.1) is 0 Å². The molecular weight excluding hydrogens is 322 g/mol. The summed E-state index contributed by atoms with van der Waals surface area (Å²) in [4.78, 5) is 3.15. The molecule has 3 unspecified atom stereocenters. The van der Waals surface area contributed by atoms with Crippen molar-refractivity contribution in [1.29, 1.82) is 0 Å². The van der Waals surface area contributed by atoms with Gasteiger partial charge in [-0.15, -0.1) is 0 Å². The van der Waals surface area contributed by atoms with E-state index >= 15 is 0 Å². The molecule has 3 aromatic rings. The third-order valence-electron chi connectivity index (χ3n) is 5.18. The molecule has 0 aromatic heterocycles. The summed E-state index contributed by atoms with van der Waals surface area (Å²) in [5, 5.41) is 4.19. The number of fused-ring (bicyclic) bond motifs is 1. The lowest BCUT2D eigenvalue weighted by molar-refractivity contribution is 0.414. The first kappa shape index (κ1) is 16.2.